The van der Waals surface area contributed by atoms with Crippen molar-refractivity contribution in [1.82, 2.24) is 4.98 Å². The maximum Gasteiger partial charge on any atom is 0.193 e. The van der Waals surface area contributed by atoms with Crippen molar-refractivity contribution in [3.8, 4) is 0 Å². The standard InChI is InChI=1S/C21H33NO3Si/c1-20(2,3)13-15(23)17-16(14-9-11-22-12-10-14)19(18(17)24)25-26(7,8)21(4,5)6/h9-12,16-17,19H,13H2,1-8H3. The normalized spacial score (nSPS) is 24.3. The van der Waals surface area contributed by atoms with Crippen molar-refractivity contribution in [2.24, 2.45) is 11.3 Å². The predicted octanol–water partition coefficient (Wildman–Crippen LogP) is 4.76. The number of Topliss-reactive ketones (excluding diaryl/α,β-unsaturated/α-hetero) is 2. The lowest BCUT2D eigenvalue weighted by atomic mass is 9.63. The topological polar surface area (TPSA) is 56.3 Å². The van der Waals surface area contributed by atoms with Crippen LogP contribution in [0.3, 0.4) is 0 Å². The summed E-state index contributed by atoms with van der Waals surface area (Å²) in [6.45, 7) is 16.9. The van der Waals surface area contributed by atoms with Crippen LogP contribution in [0.2, 0.25) is 18.1 Å². The molecule has 0 saturated heterocycles. The summed E-state index contributed by atoms with van der Waals surface area (Å²) in [5.41, 5.74) is 0.835. The minimum Gasteiger partial charge on any atom is -0.406 e. The van der Waals surface area contributed by atoms with Gasteiger partial charge in [-0.1, -0.05) is 41.5 Å². The van der Waals surface area contributed by atoms with Crippen molar-refractivity contribution in [2.75, 3.05) is 0 Å². The van der Waals surface area contributed by atoms with Crippen molar-refractivity contribution in [1.29, 1.82) is 0 Å². The van der Waals surface area contributed by atoms with E-state index in [-0.39, 0.29) is 27.9 Å². The molecular formula is C21H33NO3Si. The van der Waals surface area contributed by atoms with E-state index >= 15 is 0 Å². The molecule has 1 aliphatic rings. The second-order valence-electron chi connectivity index (χ2n) is 10.2. The van der Waals surface area contributed by atoms with Gasteiger partial charge in [0.1, 0.15) is 11.9 Å². The molecule has 5 heteroatoms. The third-order valence-electron chi connectivity index (χ3n) is 5.64. The molecule has 3 unspecified atom stereocenters. The molecule has 1 aromatic heterocycles. The lowest BCUT2D eigenvalue weighted by molar-refractivity contribution is -0.152. The van der Waals surface area contributed by atoms with Crippen LogP contribution >= 0.6 is 0 Å². The van der Waals surface area contributed by atoms with Gasteiger partial charge in [0, 0.05) is 24.7 Å². The maximum absolute atomic E-state index is 12.9. The van der Waals surface area contributed by atoms with Crippen LogP contribution in [0.15, 0.2) is 24.5 Å². The van der Waals surface area contributed by atoms with E-state index < -0.39 is 20.3 Å². The molecule has 0 spiro atoms. The molecule has 1 fully saturated rings. The Morgan fingerprint density at radius 3 is 2.12 bits per heavy atom. The first-order chi connectivity index (χ1) is 11.7. The summed E-state index contributed by atoms with van der Waals surface area (Å²) in [7, 11) is -2.11. The van der Waals surface area contributed by atoms with Crippen molar-refractivity contribution >= 4 is 19.9 Å². The van der Waals surface area contributed by atoms with E-state index in [2.05, 4.69) is 38.8 Å². The fourth-order valence-corrected chi connectivity index (χ4v) is 4.41. The number of carbonyl (C=O) groups is 2. The van der Waals surface area contributed by atoms with Gasteiger partial charge >= 0.3 is 0 Å². The summed E-state index contributed by atoms with van der Waals surface area (Å²) >= 11 is 0. The summed E-state index contributed by atoms with van der Waals surface area (Å²) in [6.07, 6.45) is 3.31. The van der Waals surface area contributed by atoms with Gasteiger partial charge in [0.05, 0.1) is 5.92 Å². The highest BCUT2D eigenvalue weighted by molar-refractivity contribution is 6.74. The van der Waals surface area contributed by atoms with Crippen LogP contribution in [0.1, 0.15) is 59.4 Å². The summed E-state index contributed by atoms with van der Waals surface area (Å²) in [6, 6.07) is 3.80. The number of rotatable bonds is 5. The van der Waals surface area contributed by atoms with Gasteiger partial charge in [-0.05, 0) is 41.2 Å². The third kappa shape index (κ3) is 4.31. The number of hydrogen-bond donors (Lipinski definition) is 0. The number of nitrogens with zero attached hydrogens (tertiary/aromatic N) is 1. The zero-order valence-electron chi connectivity index (χ0n) is 17.4. The molecule has 4 nitrogen and oxygen atoms in total. The monoisotopic (exact) mass is 375 g/mol. The first-order valence-electron chi connectivity index (χ1n) is 9.39. The van der Waals surface area contributed by atoms with Gasteiger partial charge in [0.15, 0.2) is 14.1 Å². The lowest BCUT2D eigenvalue weighted by Crippen LogP contribution is -2.60. The second-order valence-corrected chi connectivity index (χ2v) is 14.9. The van der Waals surface area contributed by atoms with E-state index in [0.29, 0.717) is 6.42 Å². The Balaban J connectivity index is 2.32. The maximum atomic E-state index is 12.9. The highest BCUT2D eigenvalue weighted by Gasteiger charge is 2.57. The van der Waals surface area contributed by atoms with Gasteiger partial charge in [-0.25, -0.2) is 0 Å². The molecule has 1 saturated carbocycles. The number of carbonyl (C=O) groups excluding carboxylic acids is 2. The predicted molar refractivity (Wildman–Crippen MR) is 107 cm³/mol. The van der Waals surface area contributed by atoms with Crippen LogP contribution in [0.4, 0.5) is 0 Å². The summed E-state index contributed by atoms with van der Waals surface area (Å²) in [5, 5.41) is 0.0105. The first-order valence-corrected chi connectivity index (χ1v) is 12.3. The zero-order chi connectivity index (χ0) is 19.9. The first kappa shape index (κ1) is 21.0. The minimum atomic E-state index is -2.11. The Morgan fingerprint density at radius 2 is 1.65 bits per heavy atom. The molecule has 1 aliphatic carbocycles. The quantitative estimate of drug-likeness (QED) is 0.550. The fourth-order valence-electron chi connectivity index (χ4n) is 3.16. The Morgan fingerprint density at radius 1 is 1.12 bits per heavy atom. The summed E-state index contributed by atoms with van der Waals surface area (Å²) in [4.78, 5) is 29.9. The molecule has 0 radical (unpaired) electrons. The third-order valence-corrected chi connectivity index (χ3v) is 10.1. The summed E-state index contributed by atoms with van der Waals surface area (Å²) in [5.74, 6) is -0.814. The van der Waals surface area contributed by atoms with E-state index in [9.17, 15) is 9.59 Å². The Labute approximate surface area is 158 Å². The van der Waals surface area contributed by atoms with Crippen LogP contribution < -0.4 is 0 Å². The van der Waals surface area contributed by atoms with Crippen LogP contribution in [-0.4, -0.2) is 31.0 Å². The van der Waals surface area contributed by atoms with Crippen LogP contribution in [-0.2, 0) is 14.0 Å². The second kappa shape index (κ2) is 7.00. The van der Waals surface area contributed by atoms with E-state index in [1.807, 2.05) is 32.9 Å². The average molecular weight is 376 g/mol. The highest BCUT2D eigenvalue weighted by atomic mass is 28.4. The smallest absolute Gasteiger partial charge is 0.193 e. The molecule has 0 amide bonds. The average Bonchev–Trinajstić information content (AvgIpc) is 2.47. The lowest BCUT2D eigenvalue weighted by Gasteiger charge is -2.48. The van der Waals surface area contributed by atoms with Crippen molar-refractivity contribution < 1.29 is 14.0 Å². The molecule has 0 bridgehead atoms. The Kier molecular flexibility index (Phi) is 5.65. The molecular weight excluding hydrogens is 342 g/mol. The highest BCUT2D eigenvalue weighted by Crippen LogP contribution is 2.47. The van der Waals surface area contributed by atoms with E-state index in [1.54, 1.807) is 12.4 Å². The molecule has 26 heavy (non-hydrogen) atoms. The Bertz CT molecular complexity index is 671. The number of ketones is 2. The van der Waals surface area contributed by atoms with Crippen molar-refractivity contribution in [3.05, 3.63) is 30.1 Å². The fraction of sp³-hybridized carbons (Fsp3) is 0.667. The van der Waals surface area contributed by atoms with Gasteiger partial charge in [-0.2, -0.15) is 0 Å². The van der Waals surface area contributed by atoms with Gasteiger partial charge in [0.2, 0.25) is 0 Å². The van der Waals surface area contributed by atoms with Crippen LogP contribution in [0.25, 0.3) is 0 Å². The van der Waals surface area contributed by atoms with Gasteiger partial charge in [-0.3, -0.25) is 14.6 Å². The van der Waals surface area contributed by atoms with Crippen molar-refractivity contribution in [2.45, 2.75) is 78.1 Å². The van der Waals surface area contributed by atoms with Gasteiger partial charge < -0.3 is 4.43 Å². The molecule has 0 N–H and O–H groups in total. The molecule has 3 atom stereocenters. The molecule has 1 aromatic rings. The summed E-state index contributed by atoms with van der Waals surface area (Å²) < 4.78 is 6.44. The molecule has 0 aromatic carbocycles. The SMILES string of the molecule is CC(C)(C)CC(=O)C1C(=O)C(O[Si](C)(C)C(C)(C)C)C1c1ccncc1. The number of hydrogen-bond acceptors (Lipinski definition) is 4. The number of aromatic nitrogens is 1. The van der Waals surface area contributed by atoms with E-state index in [4.69, 9.17) is 4.43 Å². The van der Waals surface area contributed by atoms with E-state index in [1.165, 1.54) is 0 Å². The van der Waals surface area contributed by atoms with Gasteiger partial charge in [0.25, 0.3) is 0 Å². The molecule has 144 valence electrons. The molecule has 0 aliphatic heterocycles. The molecule has 1 heterocycles. The largest absolute Gasteiger partial charge is 0.406 e. The Hall–Kier alpha value is -1.33. The van der Waals surface area contributed by atoms with Crippen LogP contribution in [0, 0.1) is 11.3 Å². The van der Waals surface area contributed by atoms with Crippen LogP contribution in [0.5, 0.6) is 0 Å². The minimum absolute atomic E-state index is 0.0105. The van der Waals surface area contributed by atoms with Gasteiger partial charge in [-0.15, -0.1) is 0 Å². The number of pyridine rings is 1. The van der Waals surface area contributed by atoms with E-state index in [0.717, 1.165) is 5.56 Å². The van der Waals surface area contributed by atoms with Crippen molar-refractivity contribution in [3.63, 3.8) is 0 Å². The molecule has 2 rings (SSSR count). The zero-order valence-corrected chi connectivity index (χ0v) is 18.4.